The Morgan fingerprint density at radius 2 is 1.66 bits per heavy atom. The smallest absolute Gasteiger partial charge is 0.294 e. The third-order valence-corrected chi connectivity index (χ3v) is 5.91. The minimum atomic E-state index is -0.495. The molecule has 0 saturated carbocycles. The van der Waals surface area contributed by atoms with Crippen LogP contribution < -0.4 is 15.8 Å². The number of hydrogen-bond donors (Lipinski definition) is 1. The number of para-hydroxylation sites is 3. The van der Waals surface area contributed by atoms with Gasteiger partial charge in [-0.15, -0.1) is 0 Å². The molecule has 1 heterocycles. The van der Waals surface area contributed by atoms with Gasteiger partial charge >= 0.3 is 0 Å². The second-order valence-electron chi connectivity index (χ2n) is 8.47. The van der Waals surface area contributed by atoms with Crippen LogP contribution in [0.3, 0.4) is 0 Å². The van der Waals surface area contributed by atoms with Gasteiger partial charge in [0.1, 0.15) is 6.54 Å². The molecule has 4 aromatic rings. The molecule has 0 bridgehead atoms. The summed E-state index contributed by atoms with van der Waals surface area (Å²) < 4.78 is 1.38. The predicted octanol–water partition coefficient (Wildman–Crippen LogP) is 4.46. The van der Waals surface area contributed by atoms with E-state index in [0.717, 1.165) is 28.8 Å². The molecule has 7 heteroatoms. The second-order valence-corrected chi connectivity index (χ2v) is 8.47. The van der Waals surface area contributed by atoms with Crippen LogP contribution in [0.15, 0.2) is 77.6 Å². The van der Waals surface area contributed by atoms with Gasteiger partial charge in [0.2, 0.25) is 17.6 Å². The highest BCUT2D eigenvalue weighted by atomic mass is 16.2. The van der Waals surface area contributed by atoms with Gasteiger partial charge in [-0.3, -0.25) is 23.9 Å². The first kappa shape index (κ1) is 23.9. The molecule has 0 saturated heterocycles. The van der Waals surface area contributed by atoms with Crippen LogP contribution in [0.2, 0.25) is 0 Å². The Morgan fingerprint density at radius 3 is 2.37 bits per heavy atom. The number of amides is 2. The zero-order valence-corrected chi connectivity index (χ0v) is 20.1. The van der Waals surface area contributed by atoms with Crippen molar-refractivity contribution in [3.05, 3.63) is 99.8 Å². The summed E-state index contributed by atoms with van der Waals surface area (Å²) in [5, 5.41) is 2.92. The fraction of sp³-hybridized carbons (Fsp3) is 0.214. The lowest BCUT2D eigenvalue weighted by molar-refractivity contribution is -0.117. The molecule has 0 aliphatic carbocycles. The van der Waals surface area contributed by atoms with E-state index in [-0.39, 0.29) is 30.7 Å². The quantitative estimate of drug-likeness (QED) is 0.434. The molecule has 2 amide bonds. The summed E-state index contributed by atoms with van der Waals surface area (Å²) >= 11 is 0. The van der Waals surface area contributed by atoms with Gasteiger partial charge in [-0.05, 0) is 42.7 Å². The molecular formula is C28H28N4O3. The summed E-state index contributed by atoms with van der Waals surface area (Å²) in [6.07, 6.45) is 0.769. The van der Waals surface area contributed by atoms with Crippen LogP contribution in [0, 0.1) is 6.92 Å². The van der Waals surface area contributed by atoms with Crippen LogP contribution >= 0.6 is 0 Å². The third-order valence-electron chi connectivity index (χ3n) is 5.91. The zero-order chi connectivity index (χ0) is 24.9. The molecule has 0 unspecified atom stereocenters. The first-order valence-electron chi connectivity index (χ1n) is 11.6. The van der Waals surface area contributed by atoms with Crippen LogP contribution in [0.5, 0.6) is 0 Å². The first-order chi connectivity index (χ1) is 16.9. The van der Waals surface area contributed by atoms with Crippen LogP contribution in [-0.2, 0) is 29.1 Å². The summed E-state index contributed by atoms with van der Waals surface area (Å²) in [6, 6.07) is 22.4. The van der Waals surface area contributed by atoms with Gasteiger partial charge in [0.05, 0.1) is 17.6 Å². The van der Waals surface area contributed by atoms with Gasteiger partial charge in [0.15, 0.2) is 0 Å². The van der Waals surface area contributed by atoms with Crippen molar-refractivity contribution in [3.8, 4) is 0 Å². The van der Waals surface area contributed by atoms with Gasteiger partial charge in [-0.1, -0.05) is 67.1 Å². The van der Waals surface area contributed by atoms with Crippen LogP contribution in [0.4, 0.5) is 11.5 Å². The number of rotatable bonds is 7. The molecule has 0 spiro atoms. The van der Waals surface area contributed by atoms with Gasteiger partial charge in [-0.2, -0.15) is 0 Å². The number of fused-ring (bicyclic) bond motifs is 1. The maximum atomic E-state index is 13.6. The van der Waals surface area contributed by atoms with E-state index in [9.17, 15) is 14.4 Å². The van der Waals surface area contributed by atoms with Crippen molar-refractivity contribution in [1.29, 1.82) is 0 Å². The SMILES string of the molecule is CCc1ccccc1NC(=O)Cn1c(=O)c(N(Cc2ccc(C)cc2)C(C)=O)nc2ccccc21. The Kier molecular flexibility index (Phi) is 7.06. The van der Waals surface area contributed by atoms with E-state index in [4.69, 9.17) is 0 Å². The third kappa shape index (κ3) is 5.30. The predicted molar refractivity (Wildman–Crippen MR) is 138 cm³/mol. The first-order valence-corrected chi connectivity index (χ1v) is 11.6. The summed E-state index contributed by atoms with van der Waals surface area (Å²) in [5.41, 5.74) is 4.26. The van der Waals surface area contributed by atoms with E-state index in [1.54, 1.807) is 18.2 Å². The number of carbonyl (C=O) groups excluding carboxylic acids is 2. The Hall–Kier alpha value is -4.26. The average Bonchev–Trinajstić information content (AvgIpc) is 2.85. The Morgan fingerprint density at radius 1 is 0.971 bits per heavy atom. The van der Waals surface area contributed by atoms with E-state index >= 15 is 0 Å². The maximum Gasteiger partial charge on any atom is 0.294 e. The van der Waals surface area contributed by atoms with Crippen molar-refractivity contribution in [1.82, 2.24) is 9.55 Å². The summed E-state index contributed by atoms with van der Waals surface area (Å²) in [4.78, 5) is 45.1. The number of nitrogens with zero attached hydrogens (tertiary/aromatic N) is 3. The van der Waals surface area contributed by atoms with Crippen LogP contribution in [0.1, 0.15) is 30.5 Å². The number of carbonyl (C=O) groups is 2. The lowest BCUT2D eigenvalue weighted by Crippen LogP contribution is -2.38. The van der Waals surface area contributed by atoms with Crippen LogP contribution in [0.25, 0.3) is 11.0 Å². The van der Waals surface area contributed by atoms with Crippen molar-refractivity contribution in [2.75, 3.05) is 10.2 Å². The molecule has 3 aromatic carbocycles. The molecule has 1 aromatic heterocycles. The molecule has 7 nitrogen and oxygen atoms in total. The lowest BCUT2D eigenvalue weighted by atomic mass is 10.1. The van der Waals surface area contributed by atoms with E-state index in [2.05, 4.69) is 10.3 Å². The molecular weight excluding hydrogens is 440 g/mol. The van der Waals surface area contributed by atoms with Crippen molar-refractivity contribution in [3.63, 3.8) is 0 Å². The highest BCUT2D eigenvalue weighted by Crippen LogP contribution is 2.19. The maximum absolute atomic E-state index is 13.6. The molecule has 178 valence electrons. The number of anilines is 2. The molecule has 4 rings (SSSR count). The number of aryl methyl sites for hydroxylation is 2. The van der Waals surface area contributed by atoms with Crippen molar-refractivity contribution < 1.29 is 9.59 Å². The second kappa shape index (κ2) is 10.3. The van der Waals surface area contributed by atoms with Gasteiger partial charge in [0.25, 0.3) is 5.56 Å². The molecule has 0 atom stereocenters. The summed E-state index contributed by atoms with van der Waals surface area (Å²) in [6.45, 7) is 5.40. The fourth-order valence-corrected chi connectivity index (χ4v) is 4.01. The Balaban J connectivity index is 1.74. The molecule has 35 heavy (non-hydrogen) atoms. The van der Waals surface area contributed by atoms with Gasteiger partial charge < -0.3 is 5.32 Å². The minimum absolute atomic E-state index is 0.00136. The van der Waals surface area contributed by atoms with Gasteiger partial charge in [-0.25, -0.2) is 4.98 Å². The Bertz CT molecular complexity index is 1440. The normalized spacial score (nSPS) is 10.8. The molecule has 0 radical (unpaired) electrons. The summed E-state index contributed by atoms with van der Waals surface area (Å²) in [7, 11) is 0. The largest absolute Gasteiger partial charge is 0.324 e. The van der Waals surface area contributed by atoms with Gasteiger partial charge in [0, 0.05) is 12.6 Å². The van der Waals surface area contributed by atoms with Crippen molar-refractivity contribution in [2.45, 2.75) is 40.3 Å². The van der Waals surface area contributed by atoms with Crippen LogP contribution in [-0.4, -0.2) is 21.4 Å². The van der Waals surface area contributed by atoms with E-state index in [1.165, 1.54) is 16.4 Å². The average molecular weight is 469 g/mol. The van der Waals surface area contributed by atoms with E-state index < -0.39 is 5.56 Å². The minimum Gasteiger partial charge on any atom is -0.324 e. The van der Waals surface area contributed by atoms with E-state index in [0.29, 0.717) is 11.0 Å². The zero-order valence-electron chi connectivity index (χ0n) is 20.1. The number of hydrogen-bond acceptors (Lipinski definition) is 4. The number of benzene rings is 3. The fourth-order valence-electron chi connectivity index (χ4n) is 4.01. The molecule has 1 N–H and O–H groups in total. The highest BCUT2D eigenvalue weighted by molar-refractivity contribution is 5.93. The summed E-state index contributed by atoms with van der Waals surface area (Å²) in [5.74, 6) is -0.639. The number of nitrogens with one attached hydrogen (secondary N) is 1. The molecule has 0 aliphatic rings. The molecule has 0 aliphatic heterocycles. The van der Waals surface area contributed by atoms with Crippen molar-refractivity contribution in [2.24, 2.45) is 0 Å². The highest BCUT2D eigenvalue weighted by Gasteiger charge is 2.22. The van der Waals surface area contributed by atoms with E-state index in [1.807, 2.05) is 68.4 Å². The topological polar surface area (TPSA) is 84.3 Å². The standard InChI is InChI=1S/C28H28N4O3/c1-4-22-9-5-6-10-23(22)29-26(34)18-32-25-12-8-7-11-24(25)30-27(28(32)35)31(20(3)33)17-21-15-13-19(2)14-16-21/h5-16H,4,17-18H2,1-3H3,(H,29,34). The lowest BCUT2D eigenvalue weighted by Gasteiger charge is -2.22. The number of aromatic nitrogens is 2. The van der Waals surface area contributed by atoms with Crippen molar-refractivity contribution >= 4 is 34.4 Å². The Labute approximate surface area is 204 Å². The monoisotopic (exact) mass is 468 g/mol. The molecule has 0 fully saturated rings.